The number of rotatable bonds is 4. The van der Waals surface area contributed by atoms with Crippen LogP contribution < -0.4 is 0 Å². The standard InChI is InChI=1S/C33H30S5/c1-17-2-11-23(34-17)24-12-13-25(35-24)26-14-15-27(36-26)32-29-19-5-7-20(8-6-19)30(29)33(38-32)28-16-22-18-3-9-21(10-4-18)31(22)37-28/h2,11-16,18-21H,3-10H2,1H3. The molecule has 5 heteroatoms. The highest BCUT2D eigenvalue weighted by atomic mass is 32.1. The molecule has 0 N–H and O–H groups in total. The SMILES string of the molecule is Cc1ccc(-c2ccc(-c3ccc(-c4sc(-c5cc6c(s5)C5CCC6CC5)c5c4C4CCC5CC4)s3)s2)s1. The molecule has 5 aromatic rings. The molecule has 6 aliphatic rings. The summed E-state index contributed by atoms with van der Waals surface area (Å²) in [6.45, 7) is 2.20. The fourth-order valence-corrected chi connectivity index (χ4v) is 14.1. The van der Waals surface area contributed by atoms with Gasteiger partial charge in [-0.25, -0.2) is 0 Å². The molecule has 2 fully saturated rings. The Balaban J connectivity index is 1.14. The molecular formula is C33H30S5. The lowest BCUT2D eigenvalue weighted by Gasteiger charge is -2.37. The zero-order chi connectivity index (χ0) is 25.0. The van der Waals surface area contributed by atoms with Gasteiger partial charge in [-0.3, -0.25) is 0 Å². The zero-order valence-corrected chi connectivity index (χ0v) is 25.6. The van der Waals surface area contributed by atoms with Gasteiger partial charge in [0.2, 0.25) is 0 Å². The van der Waals surface area contributed by atoms with Crippen LogP contribution in [0.1, 0.15) is 101 Å². The Morgan fingerprint density at radius 1 is 0.474 bits per heavy atom. The first-order valence-corrected chi connectivity index (χ1v) is 18.4. The quantitative estimate of drug-likeness (QED) is 0.196. The van der Waals surface area contributed by atoms with Crippen molar-refractivity contribution in [3.8, 4) is 39.0 Å². The van der Waals surface area contributed by atoms with E-state index in [1.165, 1.54) is 80.6 Å². The summed E-state index contributed by atoms with van der Waals surface area (Å²) in [6, 6.07) is 16.7. The second-order valence-electron chi connectivity index (χ2n) is 11.9. The van der Waals surface area contributed by atoms with E-state index in [-0.39, 0.29) is 0 Å². The van der Waals surface area contributed by atoms with Gasteiger partial charge in [0.05, 0.1) is 0 Å². The molecule has 5 heterocycles. The Hall–Kier alpha value is -1.50. The fraction of sp³-hybridized carbons (Fsp3) is 0.394. The molecule has 5 aromatic heterocycles. The molecule has 6 aliphatic carbocycles. The lowest BCUT2D eigenvalue weighted by Crippen LogP contribution is -2.20. The topological polar surface area (TPSA) is 0 Å². The molecular weight excluding hydrogens is 557 g/mol. The molecule has 0 saturated heterocycles. The van der Waals surface area contributed by atoms with Gasteiger partial charge in [0.25, 0.3) is 0 Å². The molecule has 0 radical (unpaired) electrons. The maximum absolute atomic E-state index is 2.66. The van der Waals surface area contributed by atoms with E-state index in [2.05, 4.69) is 72.1 Å². The van der Waals surface area contributed by atoms with Crippen molar-refractivity contribution in [1.29, 1.82) is 0 Å². The highest BCUT2D eigenvalue weighted by Crippen LogP contribution is 2.62. The van der Waals surface area contributed by atoms with Gasteiger partial charge in [0.1, 0.15) is 0 Å². The van der Waals surface area contributed by atoms with Crippen molar-refractivity contribution in [3.05, 3.63) is 68.9 Å². The lowest BCUT2D eigenvalue weighted by molar-refractivity contribution is 0.362. The lowest BCUT2D eigenvalue weighted by atomic mass is 9.67. The number of fused-ring (bicyclic) bond motifs is 4. The van der Waals surface area contributed by atoms with E-state index >= 15 is 0 Å². The third-order valence-corrected chi connectivity index (χ3v) is 16.2. The minimum Gasteiger partial charge on any atom is -0.140 e. The van der Waals surface area contributed by atoms with Crippen LogP contribution in [0.4, 0.5) is 0 Å². The number of hydrogen-bond donors (Lipinski definition) is 0. The molecule has 192 valence electrons. The van der Waals surface area contributed by atoms with Crippen LogP contribution in [0.5, 0.6) is 0 Å². The van der Waals surface area contributed by atoms with Crippen LogP contribution in [0.2, 0.25) is 0 Å². The van der Waals surface area contributed by atoms with Crippen molar-refractivity contribution in [2.24, 2.45) is 0 Å². The van der Waals surface area contributed by atoms with Gasteiger partial charge in [0.15, 0.2) is 0 Å². The van der Waals surface area contributed by atoms with Crippen molar-refractivity contribution < 1.29 is 0 Å². The highest BCUT2D eigenvalue weighted by Gasteiger charge is 2.41. The molecule has 0 atom stereocenters. The average Bonchev–Trinajstić information content (AvgIpc) is 3.77. The Labute approximate surface area is 245 Å². The van der Waals surface area contributed by atoms with Crippen molar-refractivity contribution in [2.75, 3.05) is 0 Å². The van der Waals surface area contributed by atoms with Crippen LogP contribution in [0.25, 0.3) is 39.0 Å². The summed E-state index contributed by atoms with van der Waals surface area (Å²) in [6.07, 6.45) is 11.4. The first-order chi connectivity index (χ1) is 18.7. The van der Waals surface area contributed by atoms with Gasteiger partial charge < -0.3 is 0 Å². The van der Waals surface area contributed by atoms with Crippen LogP contribution in [-0.4, -0.2) is 0 Å². The Kier molecular flexibility index (Phi) is 5.35. The normalized spacial score (nSPS) is 25.2. The van der Waals surface area contributed by atoms with E-state index in [1.807, 2.05) is 34.0 Å². The molecule has 0 nitrogen and oxygen atoms in total. The molecule has 0 spiro atoms. The van der Waals surface area contributed by atoms with Gasteiger partial charge >= 0.3 is 0 Å². The van der Waals surface area contributed by atoms with E-state index in [1.54, 1.807) is 36.2 Å². The smallest absolute Gasteiger partial charge is 0.0487 e. The van der Waals surface area contributed by atoms with Gasteiger partial charge in [-0.1, -0.05) is 0 Å². The second kappa shape index (κ2) is 8.75. The minimum absolute atomic E-state index is 0.779. The third-order valence-electron chi connectivity index (χ3n) is 9.74. The fourth-order valence-electron chi connectivity index (χ4n) is 7.90. The van der Waals surface area contributed by atoms with E-state index in [4.69, 9.17) is 0 Å². The summed E-state index contributed by atoms with van der Waals surface area (Å²) in [4.78, 5) is 15.2. The van der Waals surface area contributed by atoms with E-state index in [0.29, 0.717) is 0 Å². The van der Waals surface area contributed by atoms with Crippen LogP contribution in [0, 0.1) is 6.92 Å². The molecule has 11 rings (SSSR count). The summed E-state index contributed by atoms with van der Waals surface area (Å²) in [7, 11) is 0. The Morgan fingerprint density at radius 2 is 0.974 bits per heavy atom. The minimum atomic E-state index is 0.779. The maximum atomic E-state index is 2.66. The van der Waals surface area contributed by atoms with Crippen LogP contribution in [-0.2, 0) is 0 Å². The Bertz CT molecular complexity index is 1640. The van der Waals surface area contributed by atoms with E-state index in [0.717, 1.165) is 23.7 Å². The summed E-state index contributed by atoms with van der Waals surface area (Å²) in [5.74, 6) is 3.27. The van der Waals surface area contributed by atoms with Crippen LogP contribution >= 0.6 is 56.7 Å². The number of aryl methyl sites for hydroxylation is 1. The average molecular weight is 587 g/mol. The second-order valence-corrected chi connectivity index (χ2v) is 17.4. The summed E-state index contributed by atoms with van der Waals surface area (Å²) in [5, 5.41) is 0. The van der Waals surface area contributed by atoms with Crippen molar-refractivity contribution in [3.63, 3.8) is 0 Å². The molecule has 0 unspecified atom stereocenters. The maximum Gasteiger partial charge on any atom is 0.0487 e. The van der Waals surface area contributed by atoms with E-state index < -0.39 is 0 Å². The summed E-state index contributed by atoms with van der Waals surface area (Å²) < 4.78 is 0. The largest absolute Gasteiger partial charge is 0.140 e. The van der Waals surface area contributed by atoms with Crippen LogP contribution in [0.3, 0.4) is 0 Å². The molecule has 4 bridgehead atoms. The van der Waals surface area contributed by atoms with Gasteiger partial charge in [0, 0.05) is 48.8 Å². The summed E-state index contributed by atoms with van der Waals surface area (Å²) in [5.41, 5.74) is 5.28. The number of hydrogen-bond acceptors (Lipinski definition) is 5. The highest BCUT2D eigenvalue weighted by molar-refractivity contribution is 7.30. The van der Waals surface area contributed by atoms with Crippen molar-refractivity contribution in [1.82, 2.24) is 0 Å². The molecule has 0 aromatic carbocycles. The van der Waals surface area contributed by atoms with Gasteiger partial charge in [-0.2, -0.15) is 0 Å². The molecule has 0 aliphatic heterocycles. The first kappa shape index (κ1) is 23.2. The monoisotopic (exact) mass is 586 g/mol. The summed E-state index contributed by atoms with van der Waals surface area (Å²) >= 11 is 10.2. The molecule has 2 saturated carbocycles. The predicted octanol–water partition coefficient (Wildman–Crippen LogP) is 12.5. The molecule has 38 heavy (non-hydrogen) atoms. The first-order valence-electron chi connectivity index (χ1n) is 14.3. The third kappa shape index (κ3) is 3.48. The van der Waals surface area contributed by atoms with Crippen LogP contribution in [0.15, 0.2) is 42.5 Å². The van der Waals surface area contributed by atoms with E-state index in [9.17, 15) is 0 Å². The number of thiophene rings is 5. The zero-order valence-electron chi connectivity index (χ0n) is 21.5. The molecule has 0 amide bonds. The van der Waals surface area contributed by atoms with Crippen molar-refractivity contribution in [2.45, 2.75) is 82.0 Å². The van der Waals surface area contributed by atoms with Gasteiger partial charge in [-0.15, -0.1) is 56.7 Å². The van der Waals surface area contributed by atoms with Gasteiger partial charge in [-0.05, 0) is 141 Å². The van der Waals surface area contributed by atoms with Crippen molar-refractivity contribution >= 4 is 56.7 Å². The predicted molar refractivity (Wildman–Crippen MR) is 170 cm³/mol. The Morgan fingerprint density at radius 3 is 1.58 bits per heavy atom.